The molecule has 1 amide bonds. The molecule has 2 fully saturated rings. The summed E-state index contributed by atoms with van der Waals surface area (Å²) in [6.45, 7) is 12.4. The van der Waals surface area contributed by atoms with Crippen molar-refractivity contribution in [3.63, 3.8) is 0 Å². The van der Waals surface area contributed by atoms with Gasteiger partial charge in [-0.1, -0.05) is 12.1 Å². The van der Waals surface area contributed by atoms with Crippen molar-refractivity contribution < 1.29 is 72.1 Å². The van der Waals surface area contributed by atoms with Crippen LogP contribution in [0.25, 0.3) is 0 Å². The minimum Gasteiger partial charge on any atom is -0.481 e. The van der Waals surface area contributed by atoms with Crippen molar-refractivity contribution in [1.29, 1.82) is 0 Å². The molecular weight excluding hydrogens is 630 g/mol. The first-order chi connectivity index (χ1) is 21.6. The van der Waals surface area contributed by atoms with E-state index in [2.05, 4.69) is 33.6 Å². The number of ether oxygens (including phenoxy) is 1. The first kappa shape index (κ1) is 40.6. The van der Waals surface area contributed by atoms with Crippen LogP contribution in [-0.2, 0) is 20.5 Å². The number of alkyl halides is 3. The van der Waals surface area contributed by atoms with Crippen LogP contribution in [-0.4, -0.2) is 111 Å². The van der Waals surface area contributed by atoms with Gasteiger partial charge in [-0.25, -0.2) is 9.97 Å². The van der Waals surface area contributed by atoms with Crippen molar-refractivity contribution in [2.75, 3.05) is 46.4 Å². The zero-order chi connectivity index (χ0) is 34.2. The third-order valence-corrected chi connectivity index (χ3v) is 8.91. The van der Waals surface area contributed by atoms with Crippen molar-refractivity contribution in [1.82, 2.24) is 24.7 Å². The van der Waals surface area contributed by atoms with E-state index in [1.54, 1.807) is 19.2 Å². The Balaban J connectivity index is 0.000000758. The average Bonchev–Trinajstić information content (AvgIpc) is 2.99. The molecule has 2 N–H and O–H groups in total. The summed E-state index contributed by atoms with van der Waals surface area (Å²) in [5.74, 6) is -2.15. The Hall–Kier alpha value is -2.62. The summed E-state index contributed by atoms with van der Waals surface area (Å²) in [5, 5.41) is 15.8. The number of halogens is 3. The summed E-state index contributed by atoms with van der Waals surface area (Å²) in [6, 6.07) is 5.52. The number of aromatic nitrogens is 2. The van der Waals surface area contributed by atoms with Crippen molar-refractivity contribution >= 4 is 17.8 Å². The van der Waals surface area contributed by atoms with Crippen LogP contribution in [0.5, 0.6) is 0 Å². The van der Waals surface area contributed by atoms with Gasteiger partial charge in [-0.3, -0.25) is 24.2 Å². The fraction of sp³-hybridized carbons (Fsp3) is 0.594. The number of methoxy groups -OCH3 is 1. The molecule has 0 spiro atoms. The molecular formula is C32H44F3N5NaO6+. The SMILES string of the molecule is COC[C@@H](c1ccc(C(F)(F)F)cc1)N1CCN(C2(C)CCN(C(=O)c3c(C)ncnc3C)CC2)C[C@@H]1C.O=C(O)CCC(=O)O.[Na+]. The van der Waals surface area contributed by atoms with Crippen LogP contribution in [0.4, 0.5) is 13.2 Å². The largest absolute Gasteiger partial charge is 1.00 e. The van der Waals surface area contributed by atoms with Gasteiger partial charge in [0.2, 0.25) is 0 Å². The quantitative estimate of drug-likeness (QED) is 0.376. The predicted molar refractivity (Wildman–Crippen MR) is 163 cm³/mol. The second kappa shape index (κ2) is 17.7. The van der Waals surface area contributed by atoms with Gasteiger partial charge >= 0.3 is 47.7 Å². The van der Waals surface area contributed by atoms with E-state index in [4.69, 9.17) is 14.9 Å². The maximum atomic E-state index is 13.2. The molecule has 0 aliphatic carbocycles. The number of carbonyl (C=O) groups is 3. The van der Waals surface area contributed by atoms with Crippen LogP contribution in [0.15, 0.2) is 30.6 Å². The molecule has 0 unspecified atom stereocenters. The van der Waals surface area contributed by atoms with Gasteiger partial charge in [0.1, 0.15) is 6.33 Å². The van der Waals surface area contributed by atoms with Crippen LogP contribution in [0.3, 0.4) is 0 Å². The molecule has 47 heavy (non-hydrogen) atoms. The fourth-order valence-electron chi connectivity index (χ4n) is 6.14. The van der Waals surface area contributed by atoms with Gasteiger partial charge < -0.3 is 19.8 Å². The van der Waals surface area contributed by atoms with Gasteiger partial charge in [0, 0.05) is 51.4 Å². The summed E-state index contributed by atoms with van der Waals surface area (Å²) < 4.78 is 44.7. The van der Waals surface area contributed by atoms with E-state index in [-0.39, 0.29) is 65.9 Å². The van der Waals surface area contributed by atoms with Crippen molar-refractivity contribution in [2.24, 2.45) is 0 Å². The third kappa shape index (κ3) is 10.9. The van der Waals surface area contributed by atoms with Gasteiger partial charge in [-0.15, -0.1) is 0 Å². The standard InChI is InChI=1S/C28H38F3N5O2.C4H6O4.Na/c1-19-16-35(14-15-36(19)24(17-38-5)22-6-8-23(9-7-22)28(29,30)31)27(4)10-12-34(13-11-27)26(37)25-20(2)32-18-33-21(25)3;5-3(6)1-2-4(7)8;/h6-9,18-19,24H,10-17H2,1-5H3;1-2H2,(H,5,6)(H,7,8);/q;;+1/t19-,24-;;/m0../s1. The Kier molecular flexibility index (Phi) is 15.3. The monoisotopic (exact) mass is 674 g/mol. The van der Waals surface area contributed by atoms with E-state index < -0.39 is 23.7 Å². The fourth-order valence-corrected chi connectivity index (χ4v) is 6.14. The Bertz CT molecular complexity index is 1320. The zero-order valence-corrected chi connectivity index (χ0v) is 30.0. The number of carboxylic acids is 2. The van der Waals surface area contributed by atoms with E-state index in [1.807, 2.05) is 18.7 Å². The Morgan fingerprint density at radius 2 is 1.51 bits per heavy atom. The smallest absolute Gasteiger partial charge is 0.481 e. The molecule has 2 atom stereocenters. The number of hydrogen-bond acceptors (Lipinski definition) is 8. The van der Waals surface area contributed by atoms with Crippen LogP contribution in [0.2, 0.25) is 0 Å². The average molecular weight is 675 g/mol. The van der Waals surface area contributed by atoms with Crippen LogP contribution < -0.4 is 29.6 Å². The molecule has 4 rings (SSSR count). The molecule has 1 aromatic heterocycles. The summed E-state index contributed by atoms with van der Waals surface area (Å²) in [6.07, 6.45) is -1.71. The van der Waals surface area contributed by atoms with Crippen molar-refractivity contribution in [2.45, 2.75) is 77.2 Å². The summed E-state index contributed by atoms with van der Waals surface area (Å²) in [4.78, 5) is 47.7. The second-order valence-corrected chi connectivity index (χ2v) is 12.1. The molecule has 254 valence electrons. The normalized spacial score (nSPS) is 19.1. The minimum absolute atomic E-state index is 0. The number of piperidine rings is 1. The molecule has 0 saturated carbocycles. The summed E-state index contributed by atoms with van der Waals surface area (Å²) in [5.41, 5.74) is 2.18. The number of aryl methyl sites for hydroxylation is 2. The van der Waals surface area contributed by atoms with E-state index in [0.29, 0.717) is 36.6 Å². The zero-order valence-electron chi connectivity index (χ0n) is 28.0. The molecule has 2 aliphatic heterocycles. The molecule has 11 nitrogen and oxygen atoms in total. The minimum atomic E-state index is -4.35. The molecule has 2 aromatic rings. The number of carboxylic acid groups (broad SMARTS) is 2. The Labute approximate surface area is 295 Å². The molecule has 0 bridgehead atoms. The number of piperazine rings is 1. The Morgan fingerprint density at radius 1 is 0.979 bits per heavy atom. The van der Waals surface area contributed by atoms with Gasteiger partial charge in [0.15, 0.2) is 0 Å². The number of hydrogen-bond donors (Lipinski definition) is 2. The maximum Gasteiger partial charge on any atom is 1.00 e. The van der Waals surface area contributed by atoms with Gasteiger partial charge in [-0.2, -0.15) is 13.2 Å². The van der Waals surface area contributed by atoms with Crippen molar-refractivity contribution in [3.8, 4) is 0 Å². The van der Waals surface area contributed by atoms with Gasteiger partial charge in [-0.05, 0) is 58.2 Å². The van der Waals surface area contributed by atoms with Crippen LogP contribution in [0, 0.1) is 13.8 Å². The van der Waals surface area contributed by atoms with Gasteiger partial charge in [0.25, 0.3) is 5.91 Å². The third-order valence-electron chi connectivity index (χ3n) is 8.91. The molecule has 0 radical (unpaired) electrons. The molecule has 2 aliphatic rings. The maximum absolute atomic E-state index is 13.2. The van der Waals surface area contributed by atoms with E-state index in [1.165, 1.54) is 6.33 Å². The van der Waals surface area contributed by atoms with E-state index in [9.17, 15) is 27.6 Å². The summed E-state index contributed by atoms with van der Waals surface area (Å²) >= 11 is 0. The number of nitrogens with zero attached hydrogens (tertiary/aromatic N) is 5. The van der Waals surface area contributed by atoms with E-state index >= 15 is 0 Å². The molecule has 3 heterocycles. The number of benzene rings is 1. The van der Waals surface area contributed by atoms with Gasteiger partial charge in [0.05, 0.1) is 48.0 Å². The van der Waals surface area contributed by atoms with Crippen LogP contribution in [0.1, 0.15) is 78.4 Å². The molecule has 1 aromatic carbocycles. The number of amides is 1. The topological polar surface area (TPSA) is 136 Å². The Morgan fingerprint density at radius 3 is 1.96 bits per heavy atom. The number of likely N-dealkylation sites (tertiary alicyclic amines) is 1. The predicted octanol–water partition coefficient (Wildman–Crippen LogP) is 1.44. The first-order valence-electron chi connectivity index (χ1n) is 15.2. The molecule has 15 heteroatoms. The number of carbonyl (C=O) groups excluding carboxylic acids is 1. The summed E-state index contributed by atoms with van der Waals surface area (Å²) in [7, 11) is 1.62. The first-order valence-corrected chi connectivity index (χ1v) is 15.2. The van der Waals surface area contributed by atoms with Crippen molar-refractivity contribution in [3.05, 3.63) is 58.7 Å². The molecule has 2 saturated heterocycles. The van der Waals surface area contributed by atoms with E-state index in [0.717, 1.165) is 50.2 Å². The number of rotatable bonds is 9. The van der Waals surface area contributed by atoms with Crippen LogP contribution >= 0.6 is 0 Å². The second-order valence-electron chi connectivity index (χ2n) is 12.1. The number of aliphatic carboxylic acids is 2.